The van der Waals surface area contributed by atoms with E-state index in [0.29, 0.717) is 6.42 Å². The van der Waals surface area contributed by atoms with E-state index < -0.39 is 35.4 Å². The summed E-state index contributed by atoms with van der Waals surface area (Å²) in [4.78, 5) is 47.8. The quantitative estimate of drug-likeness (QED) is 0.436. The number of amides is 4. The van der Waals surface area contributed by atoms with Crippen LogP contribution in [0.1, 0.15) is 5.56 Å². The molecular formula is C18H15ClN4O5. The topological polar surface area (TPSA) is 122 Å². The van der Waals surface area contributed by atoms with Gasteiger partial charge in [-0.3, -0.25) is 24.6 Å². The van der Waals surface area contributed by atoms with Crippen molar-refractivity contribution in [1.29, 1.82) is 0 Å². The lowest BCUT2D eigenvalue weighted by atomic mass is 10.1. The number of rotatable bonds is 6. The number of benzene rings is 2. The Labute approximate surface area is 164 Å². The van der Waals surface area contributed by atoms with Crippen LogP contribution >= 0.6 is 11.6 Å². The van der Waals surface area contributed by atoms with Crippen molar-refractivity contribution in [2.75, 3.05) is 11.9 Å². The van der Waals surface area contributed by atoms with Gasteiger partial charge in [0.25, 0.3) is 11.6 Å². The van der Waals surface area contributed by atoms with Crippen molar-refractivity contribution in [2.24, 2.45) is 0 Å². The van der Waals surface area contributed by atoms with Gasteiger partial charge in [-0.1, -0.05) is 41.9 Å². The lowest BCUT2D eigenvalue weighted by Gasteiger charge is -2.13. The number of nitro groups is 1. The number of nitrogens with zero attached hydrogens (tertiary/aromatic N) is 2. The highest BCUT2D eigenvalue weighted by Crippen LogP contribution is 2.27. The zero-order valence-corrected chi connectivity index (χ0v) is 15.2. The van der Waals surface area contributed by atoms with E-state index in [-0.39, 0.29) is 16.4 Å². The summed E-state index contributed by atoms with van der Waals surface area (Å²) in [5, 5.41) is 15.8. The molecule has 2 aromatic carbocycles. The van der Waals surface area contributed by atoms with Crippen molar-refractivity contribution in [2.45, 2.75) is 12.5 Å². The Morgan fingerprint density at radius 1 is 1.21 bits per heavy atom. The summed E-state index contributed by atoms with van der Waals surface area (Å²) >= 11 is 5.73. The first kappa shape index (κ1) is 19.3. The van der Waals surface area contributed by atoms with Gasteiger partial charge in [0.15, 0.2) is 0 Å². The number of hydrogen-bond donors (Lipinski definition) is 2. The Kier molecular flexibility index (Phi) is 5.55. The monoisotopic (exact) mass is 402 g/mol. The van der Waals surface area contributed by atoms with Crippen molar-refractivity contribution in [3.8, 4) is 0 Å². The predicted molar refractivity (Wildman–Crippen MR) is 101 cm³/mol. The number of carbonyl (C=O) groups is 3. The van der Waals surface area contributed by atoms with Gasteiger partial charge in [0.05, 0.1) is 4.92 Å². The molecular weight excluding hydrogens is 388 g/mol. The third-order valence-electron chi connectivity index (χ3n) is 4.12. The fourth-order valence-corrected chi connectivity index (χ4v) is 2.98. The van der Waals surface area contributed by atoms with Crippen molar-refractivity contribution in [3.05, 3.63) is 69.2 Å². The van der Waals surface area contributed by atoms with Crippen LogP contribution in [-0.2, 0) is 16.0 Å². The standard InChI is InChI=1S/C18H15ClN4O5/c19-13-7-6-12(9-15(13)23(27)28)20-16(24)10-22-17(25)14(21-18(22)26)8-11-4-2-1-3-5-11/h1-7,9,14H,8,10H2,(H,20,24)(H,21,26). The maximum atomic E-state index is 12.5. The van der Waals surface area contributed by atoms with Gasteiger partial charge in [-0.2, -0.15) is 0 Å². The van der Waals surface area contributed by atoms with E-state index >= 15 is 0 Å². The minimum absolute atomic E-state index is 0.0687. The summed E-state index contributed by atoms with van der Waals surface area (Å²) in [5.74, 6) is -1.17. The number of carbonyl (C=O) groups excluding carboxylic acids is 3. The SMILES string of the molecule is O=C(CN1C(=O)NC(Cc2ccccc2)C1=O)Nc1ccc(Cl)c([N+](=O)[O-])c1. The van der Waals surface area contributed by atoms with Gasteiger partial charge in [-0.25, -0.2) is 4.79 Å². The summed E-state index contributed by atoms with van der Waals surface area (Å²) < 4.78 is 0. The molecule has 4 amide bonds. The Bertz CT molecular complexity index is 950. The first-order chi connectivity index (χ1) is 13.3. The largest absolute Gasteiger partial charge is 0.325 e. The first-order valence-corrected chi connectivity index (χ1v) is 8.62. The fourth-order valence-electron chi connectivity index (χ4n) is 2.79. The average molecular weight is 403 g/mol. The number of imide groups is 1. The highest BCUT2D eigenvalue weighted by atomic mass is 35.5. The van der Waals surface area contributed by atoms with Crippen molar-refractivity contribution < 1.29 is 19.3 Å². The molecule has 0 radical (unpaired) electrons. The molecule has 2 aromatic rings. The molecule has 0 aromatic heterocycles. The van der Waals surface area contributed by atoms with E-state index in [0.717, 1.165) is 16.5 Å². The number of urea groups is 1. The molecule has 0 bridgehead atoms. The smallest absolute Gasteiger partial charge is 0.325 e. The number of nitro benzene ring substituents is 1. The van der Waals surface area contributed by atoms with E-state index in [4.69, 9.17) is 11.6 Å². The second-order valence-corrected chi connectivity index (χ2v) is 6.49. The van der Waals surface area contributed by atoms with E-state index in [1.165, 1.54) is 12.1 Å². The molecule has 9 nitrogen and oxygen atoms in total. The lowest BCUT2D eigenvalue weighted by Crippen LogP contribution is -2.38. The fraction of sp³-hybridized carbons (Fsp3) is 0.167. The van der Waals surface area contributed by atoms with Gasteiger partial charge < -0.3 is 10.6 Å². The Morgan fingerprint density at radius 3 is 2.61 bits per heavy atom. The molecule has 28 heavy (non-hydrogen) atoms. The number of halogens is 1. The molecule has 1 saturated heterocycles. The van der Waals surface area contributed by atoms with Crippen molar-refractivity contribution in [1.82, 2.24) is 10.2 Å². The van der Waals surface area contributed by atoms with Gasteiger partial charge in [-0.05, 0) is 17.7 Å². The maximum Gasteiger partial charge on any atom is 0.325 e. The van der Waals surface area contributed by atoms with Gasteiger partial charge in [0.2, 0.25) is 5.91 Å². The molecule has 1 fully saturated rings. The van der Waals surface area contributed by atoms with Crippen molar-refractivity contribution >= 4 is 40.8 Å². The number of nitrogens with one attached hydrogen (secondary N) is 2. The average Bonchev–Trinajstić information content (AvgIpc) is 2.91. The molecule has 2 N–H and O–H groups in total. The van der Waals surface area contributed by atoms with Gasteiger partial charge in [-0.15, -0.1) is 0 Å². The zero-order valence-electron chi connectivity index (χ0n) is 14.4. The summed E-state index contributed by atoms with van der Waals surface area (Å²) in [6.07, 6.45) is 0.312. The van der Waals surface area contributed by atoms with Gasteiger partial charge in [0, 0.05) is 18.2 Å². The van der Waals surface area contributed by atoms with Gasteiger partial charge >= 0.3 is 6.03 Å². The molecule has 1 heterocycles. The summed E-state index contributed by atoms with van der Waals surface area (Å²) in [7, 11) is 0. The van der Waals surface area contributed by atoms with Crippen LogP contribution in [0.25, 0.3) is 0 Å². The highest BCUT2D eigenvalue weighted by molar-refractivity contribution is 6.32. The number of anilines is 1. The normalized spacial score (nSPS) is 16.0. The number of hydrogen-bond acceptors (Lipinski definition) is 5. The summed E-state index contributed by atoms with van der Waals surface area (Å²) in [5.41, 5.74) is 0.646. The third-order valence-corrected chi connectivity index (χ3v) is 4.44. The molecule has 0 saturated carbocycles. The molecule has 1 atom stereocenters. The molecule has 1 unspecified atom stereocenters. The van der Waals surface area contributed by atoms with Crippen LogP contribution in [0.15, 0.2) is 48.5 Å². The minimum atomic E-state index is -0.751. The molecule has 1 aliphatic heterocycles. The molecule has 1 aliphatic rings. The van der Waals surface area contributed by atoms with E-state index in [2.05, 4.69) is 10.6 Å². The van der Waals surface area contributed by atoms with Crippen LogP contribution in [0, 0.1) is 10.1 Å². The van der Waals surface area contributed by atoms with Crippen LogP contribution in [0.5, 0.6) is 0 Å². The van der Waals surface area contributed by atoms with Crippen molar-refractivity contribution in [3.63, 3.8) is 0 Å². The molecule has 3 rings (SSSR count). The van der Waals surface area contributed by atoms with Gasteiger partial charge in [0.1, 0.15) is 17.6 Å². The van der Waals surface area contributed by atoms with E-state index in [1.807, 2.05) is 30.3 Å². The Hall–Kier alpha value is -3.46. The first-order valence-electron chi connectivity index (χ1n) is 8.24. The Balaban J connectivity index is 1.64. The minimum Gasteiger partial charge on any atom is -0.325 e. The molecule has 144 valence electrons. The molecule has 0 spiro atoms. The van der Waals surface area contributed by atoms with Crippen LogP contribution in [0.2, 0.25) is 5.02 Å². The molecule has 10 heteroatoms. The van der Waals surface area contributed by atoms with Crippen LogP contribution in [0.3, 0.4) is 0 Å². The second-order valence-electron chi connectivity index (χ2n) is 6.09. The lowest BCUT2D eigenvalue weighted by molar-refractivity contribution is -0.384. The second kappa shape index (κ2) is 8.05. The summed E-state index contributed by atoms with van der Waals surface area (Å²) in [6.45, 7) is -0.508. The van der Waals surface area contributed by atoms with E-state index in [1.54, 1.807) is 0 Å². The maximum absolute atomic E-state index is 12.5. The highest BCUT2D eigenvalue weighted by Gasteiger charge is 2.38. The third kappa shape index (κ3) is 4.26. The van der Waals surface area contributed by atoms with E-state index in [9.17, 15) is 24.5 Å². The zero-order chi connectivity index (χ0) is 20.3. The Morgan fingerprint density at radius 2 is 1.93 bits per heavy atom. The summed E-state index contributed by atoms with van der Waals surface area (Å²) in [6, 6.07) is 11.5. The van der Waals surface area contributed by atoms with Crippen LogP contribution in [-0.4, -0.2) is 40.3 Å². The van der Waals surface area contributed by atoms with Crippen LogP contribution < -0.4 is 10.6 Å². The molecule has 0 aliphatic carbocycles. The predicted octanol–water partition coefficient (Wildman–Crippen LogP) is 2.35. The van der Waals surface area contributed by atoms with Crippen LogP contribution in [0.4, 0.5) is 16.2 Å².